The number of sulfonamides is 1. The van der Waals surface area contributed by atoms with E-state index in [1.807, 2.05) is 0 Å². The lowest BCUT2D eigenvalue weighted by atomic mass is 9.71. The van der Waals surface area contributed by atoms with Gasteiger partial charge in [0.1, 0.15) is 4.90 Å². The number of para-hydroxylation sites is 1. The van der Waals surface area contributed by atoms with E-state index in [-0.39, 0.29) is 10.3 Å². The lowest BCUT2D eigenvalue weighted by Crippen LogP contribution is -2.40. The number of anilines is 1. The lowest BCUT2D eigenvalue weighted by Gasteiger charge is -2.38. The number of hydrogen-bond acceptors (Lipinski definition) is 4. The zero-order chi connectivity index (χ0) is 13.2. The van der Waals surface area contributed by atoms with Crippen LogP contribution in [0.15, 0.2) is 29.2 Å². The lowest BCUT2D eigenvalue weighted by molar-refractivity contribution is 0.166. The van der Waals surface area contributed by atoms with Crippen LogP contribution < -0.4 is 16.0 Å². The molecule has 1 aliphatic carbocycles. The van der Waals surface area contributed by atoms with Crippen molar-refractivity contribution >= 4 is 15.7 Å². The highest BCUT2D eigenvalue weighted by molar-refractivity contribution is 7.89. The first-order valence-corrected chi connectivity index (χ1v) is 7.50. The Labute approximate surface area is 108 Å². The first-order chi connectivity index (χ1) is 8.47. The summed E-state index contributed by atoms with van der Waals surface area (Å²) in [6.07, 6.45) is 3.33. The van der Waals surface area contributed by atoms with Crippen molar-refractivity contribution in [3.05, 3.63) is 24.3 Å². The number of nitrogen functional groups attached to an aromatic ring is 1. The van der Waals surface area contributed by atoms with Crippen molar-refractivity contribution in [2.45, 2.75) is 31.1 Å². The van der Waals surface area contributed by atoms with Gasteiger partial charge in [0.15, 0.2) is 0 Å². The maximum atomic E-state index is 12.2. The zero-order valence-corrected chi connectivity index (χ0v) is 11.3. The summed E-state index contributed by atoms with van der Waals surface area (Å²) in [5.41, 5.74) is 2.92. The van der Waals surface area contributed by atoms with Crippen LogP contribution in [0.25, 0.3) is 0 Å². The molecule has 5 nitrogen and oxygen atoms in total. The van der Waals surface area contributed by atoms with Crippen molar-refractivity contribution in [1.29, 1.82) is 0 Å². The summed E-state index contributed by atoms with van der Waals surface area (Å²) in [4.78, 5) is 0.190. The molecule has 0 radical (unpaired) electrons. The van der Waals surface area contributed by atoms with Crippen LogP contribution in [0.1, 0.15) is 26.2 Å². The summed E-state index contributed by atoms with van der Waals surface area (Å²) in [7, 11) is -3.50. The van der Waals surface area contributed by atoms with E-state index in [2.05, 4.69) is 17.1 Å². The van der Waals surface area contributed by atoms with Gasteiger partial charge in [0, 0.05) is 6.54 Å². The van der Waals surface area contributed by atoms with Crippen molar-refractivity contribution in [3.8, 4) is 0 Å². The molecule has 1 aliphatic rings. The highest BCUT2D eigenvalue weighted by atomic mass is 32.2. The number of hydrogen-bond donors (Lipinski definition) is 3. The fourth-order valence-electron chi connectivity index (χ4n) is 2.12. The summed E-state index contributed by atoms with van der Waals surface area (Å²) in [6, 6.07) is 6.60. The van der Waals surface area contributed by atoms with Crippen LogP contribution in [0.4, 0.5) is 5.69 Å². The molecule has 1 aromatic carbocycles. The number of nitrogens with one attached hydrogen (secondary N) is 2. The van der Waals surface area contributed by atoms with Gasteiger partial charge in [-0.05, 0) is 30.4 Å². The van der Waals surface area contributed by atoms with E-state index < -0.39 is 10.0 Å². The molecule has 0 aromatic heterocycles. The average Bonchev–Trinajstić information content (AvgIpc) is 2.34. The minimum absolute atomic E-state index is 0.109. The molecule has 0 amide bonds. The van der Waals surface area contributed by atoms with E-state index in [0.29, 0.717) is 12.2 Å². The molecule has 0 aliphatic heterocycles. The van der Waals surface area contributed by atoms with Crippen LogP contribution in [0.3, 0.4) is 0 Å². The first kappa shape index (κ1) is 13.3. The minimum Gasteiger partial charge on any atom is -0.323 e. The fraction of sp³-hybridized carbons (Fsp3) is 0.500. The summed E-state index contributed by atoms with van der Waals surface area (Å²) in [5.74, 6) is 5.32. The highest BCUT2D eigenvalue weighted by Gasteiger charge is 2.33. The smallest absolute Gasteiger partial charge is 0.242 e. The maximum Gasteiger partial charge on any atom is 0.242 e. The number of benzene rings is 1. The Morgan fingerprint density at radius 3 is 2.56 bits per heavy atom. The van der Waals surface area contributed by atoms with Gasteiger partial charge in [-0.15, -0.1) is 0 Å². The molecule has 1 fully saturated rings. The van der Waals surface area contributed by atoms with Crippen LogP contribution in [0.5, 0.6) is 0 Å². The standard InChI is InChI=1S/C12H19N3O2S/c1-12(7-4-8-12)9-14-18(16,17)11-6-3-2-5-10(11)15-13/h2-3,5-6,14-15H,4,7-9,13H2,1H3. The van der Waals surface area contributed by atoms with Crippen molar-refractivity contribution < 1.29 is 8.42 Å². The average molecular weight is 269 g/mol. The minimum atomic E-state index is -3.50. The van der Waals surface area contributed by atoms with Crippen LogP contribution in [-0.4, -0.2) is 15.0 Å². The van der Waals surface area contributed by atoms with E-state index >= 15 is 0 Å². The van der Waals surface area contributed by atoms with Crippen molar-refractivity contribution in [2.75, 3.05) is 12.0 Å². The monoisotopic (exact) mass is 269 g/mol. The van der Waals surface area contributed by atoms with Crippen molar-refractivity contribution in [2.24, 2.45) is 11.3 Å². The van der Waals surface area contributed by atoms with Gasteiger partial charge in [-0.1, -0.05) is 25.5 Å². The SMILES string of the molecule is CC1(CNS(=O)(=O)c2ccccc2NN)CCC1. The van der Waals surface area contributed by atoms with E-state index in [0.717, 1.165) is 12.8 Å². The summed E-state index contributed by atoms with van der Waals surface area (Å²) >= 11 is 0. The molecule has 100 valence electrons. The van der Waals surface area contributed by atoms with Crippen molar-refractivity contribution in [3.63, 3.8) is 0 Å². The van der Waals surface area contributed by atoms with Crippen LogP contribution in [0.2, 0.25) is 0 Å². The van der Waals surface area contributed by atoms with Crippen LogP contribution >= 0.6 is 0 Å². The third kappa shape index (κ3) is 2.66. The third-order valence-electron chi connectivity index (χ3n) is 3.58. The molecule has 0 bridgehead atoms. The third-order valence-corrected chi connectivity index (χ3v) is 5.04. The quantitative estimate of drug-likeness (QED) is 0.558. The summed E-state index contributed by atoms with van der Waals surface area (Å²) in [5, 5.41) is 0. The molecule has 2 rings (SSSR count). The van der Waals surface area contributed by atoms with E-state index in [9.17, 15) is 8.42 Å². The molecule has 1 saturated carbocycles. The van der Waals surface area contributed by atoms with Crippen LogP contribution in [0, 0.1) is 5.41 Å². The molecule has 0 spiro atoms. The Morgan fingerprint density at radius 1 is 1.33 bits per heavy atom. The predicted molar refractivity (Wildman–Crippen MR) is 71.4 cm³/mol. The Balaban J connectivity index is 2.15. The molecular weight excluding hydrogens is 250 g/mol. The second-order valence-corrected chi connectivity index (χ2v) is 6.86. The normalized spacial score (nSPS) is 18.1. The second-order valence-electron chi connectivity index (χ2n) is 5.13. The summed E-state index contributed by atoms with van der Waals surface area (Å²) < 4.78 is 27.1. The largest absolute Gasteiger partial charge is 0.323 e. The van der Waals surface area contributed by atoms with Gasteiger partial charge < -0.3 is 5.43 Å². The Bertz CT molecular complexity index is 524. The van der Waals surface area contributed by atoms with Gasteiger partial charge in [0.25, 0.3) is 0 Å². The molecule has 18 heavy (non-hydrogen) atoms. The number of rotatable bonds is 5. The Hall–Kier alpha value is -1.11. The predicted octanol–water partition coefficient (Wildman–Crippen LogP) is 1.44. The van der Waals surface area contributed by atoms with E-state index in [1.54, 1.807) is 24.3 Å². The van der Waals surface area contributed by atoms with Gasteiger partial charge in [-0.25, -0.2) is 13.1 Å². The van der Waals surface area contributed by atoms with Crippen LogP contribution in [-0.2, 0) is 10.0 Å². The molecular formula is C12H19N3O2S. The first-order valence-electron chi connectivity index (χ1n) is 6.02. The molecule has 4 N–H and O–H groups in total. The number of nitrogens with two attached hydrogens (primary N) is 1. The number of hydrazine groups is 1. The van der Waals surface area contributed by atoms with E-state index in [4.69, 9.17) is 5.84 Å². The highest BCUT2D eigenvalue weighted by Crippen LogP contribution is 2.39. The topological polar surface area (TPSA) is 84.2 Å². The van der Waals surface area contributed by atoms with Gasteiger partial charge in [0.05, 0.1) is 5.69 Å². The molecule has 0 heterocycles. The van der Waals surface area contributed by atoms with Gasteiger partial charge in [-0.2, -0.15) is 0 Å². The summed E-state index contributed by atoms with van der Waals surface area (Å²) in [6.45, 7) is 2.58. The molecule has 6 heteroatoms. The molecule has 0 atom stereocenters. The van der Waals surface area contributed by atoms with E-state index in [1.165, 1.54) is 6.42 Å². The molecule has 0 saturated heterocycles. The zero-order valence-electron chi connectivity index (χ0n) is 10.4. The fourth-order valence-corrected chi connectivity index (χ4v) is 3.49. The van der Waals surface area contributed by atoms with Gasteiger partial charge in [-0.3, -0.25) is 5.84 Å². The Kier molecular flexibility index (Phi) is 3.61. The molecule has 0 unspecified atom stereocenters. The van der Waals surface area contributed by atoms with Crippen molar-refractivity contribution in [1.82, 2.24) is 4.72 Å². The van der Waals surface area contributed by atoms with Gasteiger partial charge in [0.2, 0.25) is 10.0 Å². The van der Waals surface area contributed by atoms with Gasteiger partial charge >= 0.3 is 0 Å². The Morgan fingerprint density at radius 2 is 2.00 bits per heavy atom. The molecule has 1 aromatic rings. The maximum absolute atomic E-state index is 12.2. The second kappa shape index (κ2) is 4.87.